The summed E-state index contributed by atoms with van der Waals surface area (Å²) in [7, 11) is 0. The Morgan fingerprint density at radius 3 is 2.67 bits per heavy atom. The molecule has 4 rings (SSSR count). The summed E-state index contributed by atoms with van der Waals surface area (Å²) in [6.45, 7) is 5.04. The Kier molecular flexibility index (Phi) is 6.01. The van der Waals surface area contributed by atoms with Crippen molar-refractivity contribution in [1.29, 1.82) is 0 Å². The van der Waals surface area contributed by atoms with Crippen LogP contribution in [0.15, 0.2) is 24.3 Å². The van der Waals surface area contributed by atoms with Gasteiger partial charge < -0.3 is 10.1 Å². The number of thiazole rings is 1. The van der Waals surface area contributed by atoms with Crippen LogP contribution in [0.4, 0.5) is 4.39 Å². The fourth-order valence-electron chi connectivity index (χ4n) is 3.27. The third kappa shape index (κ3) is 4.47. The summed E-state index contributed by atoms with van der Waals surface area (Å²) >= 11 is 1.35. The SMILES string of the molecule is Cc1nc(C=Cc2c(C)nnn2-c2ccc(F)cc2)sc1C(=O)NC1CCOCC1. The molecule has 2 aromatic heterocycles. The molecule has 156 valence electrons. The predicted octanol–water partition coefficient (Wildman–Crippen LogP) is 3.56. The second-order valence-corrected chi connectivity index (χ2v) is 8.14. The van der Waals surface area contributed by atoms with E-state index in [4.69, 9.17) is 4.74 Å². The standard InChI is InChI=1S/C21H22FN5O2S/c1-13-18(27(26-25-13)17-5-3-15(22)4-6-17)7-8-19-23-14(2)20(30-19)21(28)24-16-9-11-29-12-10-16/h3-8,16H,9-12H2,1-2H3,(H,24,28). The van der Waals surface area contributed by atoms with Gasteiger partial charge in [-0.15, -0.1) is 16.4 Å². The van der Waals surface area contributed by atoms with Crippen molar-refractivity contribution < 1.29 is 13.9 Å². The van der Waals surface area contributed by atoms with Gasteiger partial charge in [-0.05, 0) is 63.1 Å². The molecule has 1 aromatic carbocycles. The van der Waals surface area contributed by atoms with Gasteiger partial charge in [-0.1, -0.05) is 5.21 Å². The third-order valence-electron chi connectivity index (χ3n) is 4.91. The quantitative estimate of drug-likeness (QED) is 0.673. The highest BCUT2D eigenvalue weighted by molar-refractivity contribution is 7.14. The van der Waals surface area contributed by atoms with Crippen LogP contribution in [0.25, 0.3) is 17.8 Å². The number of aryl methyl sites for hydroxylation is 2. The minimum Gasteiger partial charge on any atom is -0.381 e. The second-order valence-electron chi connectivity index (χ2n) is 7.11. The Labute approximate surface area is 177 Å². The van der Waals surface area contributed by atoms with Crippen molar-refractivity contribution in [2.45, 2.75) is 32.7 Å². The highest BCUT2D eigenvalue weighted by Crippen LogP contribution is 2.22. The number of amides is 1. The molecule has 1 fully saturated rings. The smallest absolute Gasteiger partial charge is 0.263 e. The van der Waals surface area contributed by atoms with Gasteiger partial charge in [0, 0.05) is 19.3 Å². The lowest BCUT2D eigenvalue weighted by atomic mass is 10.1. The van der Waals surface area contributed by atoms with Crippen LogP contribution in [0.3, 0.4) is 0 Å². The zero-order valence-electron chi connectivity index (χ0n) is 16.8. The van der Waals surface area contributed by atoms with Crippen LogP contribution in [0.1, 0.15) is 44.6 Å². The number of rotatable bonds is 5. The van der Waals surface area contributed by atoms with Crippen molar-refractivity contribution in [3.8, 4) is 5.69 Å². The maximum absolute atomic E-state index is 13.2. The molecule has 3 aromatic rings. The van der Waals surface area contributed by atoms with E-state index in [0.29, 0.717) is 29.5 Å². The van der Waals surface area contributed by atoms with Crippen LogP contribution in [-0.4, -0.2) is 45.1 Å². The zero-order chi connectivity index (χ0) is 21.1. The number of hydrogen-bond acceptors (Lipinski definition) is 6. The molecule has 0 bridgehead atoms. The first-order valence-electron chi connectivity index (χ1n) is 9.73. The molecule has 0 radical (unpaired) electrons. The highest BCUT2D eigenvalue weighted by atomic mass is 32.1. The lowest BCUT2D eigenvalue weighted by Gasteiger charge is -2.22. The van der Waals surface area contributed by atoms with E-state index in [2.05, 4.69) is 20.6 Å². The molecule has 1 amide bonds. The topological polar surface area (TPSA) is 81.9 Å². The van der Waals surface area contributed by atoms with Crippen molar-refractivity contribution >= 4 is 29.4 Å². The van der Waals surface area contributed by atoms with Crippen LogP contribution < -0.4 is 5.32 Å². The summed E-state index contributed by atoms with van der Waals surface area (Å²) in [5.74, 6) is -0.400. The highest BCUT2D eigenvalue weighted by Gasteiger charge is 2.20. The summed E-state index contributed by atoms with van der Waals surface area (Å²) in [6.07, 6.45) is 5.36. The van der Waals surface area contributed by atoms with Gasteiger partial charge in [-0.3, -0.25) is 4.79 Å². The van der Waals surface area contributed by atoms with Gasteiger partial charge in [0.1, 0.15) is 15.7 Å². The average Bonchev–Trinajstić information content (AvgIpc) is 3.30. The molecule has 0 atom stereocenters. The zero-order valence-corrected chi connectivity index (χ0v) is 17.6. The molecule has 7 nitrogen and oxygen atoms in total. The van der Waals surface area contributed by atoms with E-state index >= 15 is 0 Å². The fourth-order valence-corrected chi connectivity index (χ4v) is 4.14. The van der Waals surface area contributed by atoms with E-state index in [-0.39, 0.29) is 17.8 Å². The average molecular weight is 428 g/mol. The molecular weight excluding hydrogens is 405 g/mol. The Morgan fingerprint density at radius 2 is 1.93 bits per heavy atom. The van der Waals surface area contributed by atoms with Crippen LogP contribution in [-0.2, 0) is 4.74 Å². The van der Waals surface area contributed by atoms with Crippen LogP contribution >= 0.6 is 11.3 Å². The van der Waals surface area contributed by atoms with Crippen molar-refractivity contribution in [1.82, 2.24) is 25.3 Å². The molecule has 0 saturated carbocycles. The maximum Gasteiger partial charge on any atom is 0.263 e. The molecule has 1 N–H and O–H groups in total. The third-order valence-corrected chi connectivity index (χ3v) is 6.04. The van der Waals surface area contributed by atoms with E-state index in [9.17, 15) is 9.18 Å². The molecule has 0 spiro atoms. The van der Waals surface area contributed by atoms with Crippen molar-refractivity contribution in [2.75, 3.05) is 13.2 Å². The summed E-state index contributed by atoms with van der Waals surface area (Å²) in [5.41, 5.74) is 2.92. The van der Waals surface area contributed by atoms with E-state index in [1.165, 1.54) is 23.5 Å². The number of benzene rings is 1. The first kappa shape index (κ1) is 20.4. The molecular formula is C21H22FN5O2S. The number of carbonyl (C=O) groups excluding carboxylic acids is 1. The number of nitrogens with zero attached hydrogens (tertiary/aromatic N) is 4. The molecule has 9 heteroatoms. The van der Waals surface area contributed by atoms with Crippen molar-refractivity contribution in [3.63, 3.8) is 0 Å². The van der Waals surface area contributed by atoms with Gasteiger partial charge in [-0.2, -0.15) is 0 Å². The van der Waals surface area contributed by atoms with Crippen LogP contribution in [0, 0.1) is 19.7 Å². The largest absolute Gasteiger partial charge is 0.381 e. The number of halogens is 1. The lowest BCUT2D eigenvalue weighted by Crippen LogP contribution is -2.38. The lowest BCUT2D eigenvalue weighted by molar-refractivity contribution is 0.0698. The number of nitrogens with one attached hydrogen (secondary N) is 1. The van der Waals surface area contributed by atoms with Crippen molar-refractivity contribution in [3.05, 3.63) is 57.0 Å². The van der Waals surface area contributed by atoms with Gasteiger partial charge >= 0.3 is 0 Å². The van der Waals surface area contributed by atoms with Gasteiger partial charge in [0.2, 0.25) is 0 Å². The second kappa shape index (κ2) is 8.85. The number of ether oxygens (including phenoxy) is 1. The van der Waals surface area contributed by atoms with Crippen molar-refractivity contribution in [2.24, 2.45) is 0 Å². The number of hydrogen-bond donors (Lipinski definition) is 1. The summed E-state index contributed by atoms with van der Waals surface area (Å²) in [5, 5.41) is 12.1. The van der Waals surface area contributed by atoms with Gasteiger partial charge in [0.15, 0.2) is 0 Å². The Morgan fingerprint density at radius 1 is 1.20 bits per heavy atom. The van der Waals surface area contributed by atoms with E-state index in [1.54, 1.807) is 16.8 Å². The molecule has 1 aliphatic rings. The first-order chi connectivity index (χ1) is 14.5. The minimum atomic E-state index is -0.308. The molecule has 0 unspecified atom stereocenters. The van der Waals surface area contributed by atoms with Gasteiger partial charge in [0.25, 0.3) is 5.91 Å². The Hall–Kier alpha value is -2.91. The van der Waals surface area contributed by atoms with Gasteiger partial charge in [0.05, 0.1) is 22.8 Å². The molecule has 0 aliphatic carbocycles. The maximum atomic E-state index is 13.2. The molecule has 1 aliphatic heterocycles. The predicted molar refractivity (Wildman–Crippen MR) is 113 cm³/mol. The van der Waals surface area contributed by atoms with E-state index in [0.717, 1.165) is 29.2 Å². The first-order valence-corrected chi connectivity index (χ1v) is 10.6. The summed E-state index contributed by atoms with van der Waals surface area (Å²) in [6, 6.07) is 6.20. The summed E-state index contributed by atoms with van der Waals surface area (Å²) in [4.78, 5) is 17.8. The van der Waals surface area contributed by atoms with Crippen LogP contribution in [0.5, 0.6) is 0 Å². The summed E-state index contributed by atoms with van der Waals surface area (Å²) < 4.78 is 20.2. The number of carbonyl (C=O) groups is 1. The normalized spacial score (nSPS) is 15.0. The molecule has 30 heavy (non-hydrogen) atoms. The fraction of sp³-hybridized carbons (Fsp3) is 0.333. The number of aromatic nitrogens is 4. The van der Waals surface area contributed by atoms with Crippen LogP contribution in [0.2, 0.25) is 0 Å². The van der Waals surface area contributed by atoms with Gasteiger partial charge in [-0.25, -0.2) is 14.1 Å². The minimum absolute atomic E-state index is 0.0919. The van der Waals surface area contributed by atoms with E-state index in [1.807, 2.05) is 26.0 Å². The Balaban J connectivity index is 1.53. The monoisotopic (exact) mass is 427 g/mol. The van der Waals surface area contributed by atoms with E-state index < -0.39 is 0 Å². The Bertz CT molecular complexity index is 1070. The molecule has 1 saturated heterocycles. The molecule has 3 heterocycles.